The zero-order valence-corrected chi connectivity index (χ0v) is 24.5. The van der Waals surface area contributed by atoms with E-state index in [1.54, 1.807) is 17.0 Å². The van der Waals surface area contributed by atoms with Gasteiger partial charge in [-0.1, -0.05) is 61.5 Å². The summed E-state index contributed by atoms with van der Waals surface area (Å²) in [5.41, 5.74) is 9.65. The van der Waals surface area contributed by atoms with Crippen molar-refractivity contribution in [2.45, 2.75) is 45.4 Å². The summed E-state index contributed by atoms with van der Waals surface area (Å²) in [5, 5.41) is 13.9. The Hall–Kier alpha value is -3.69. The molecular weight excluding hydrogens is 542 g/mol. The van der Waals surface area contributed by atoms with Gasteiger partial charge in [0, 0.05) is 42.5 Å². The summed E-state index contributed by atoms with van der Waals surface area (Å²) < 4.78 is 0. The minimum absolute atomic E-state index is 0. The Bertz CT molecular complexity index is 1260. The number of nitrogens with two attached hydrogens (primary N) is 1. The summed E-state index contributed by atoms with van der Waals surface area (Å²) in [6.45, 7) is 6.37. The van der Waals surface area contributed by atoms with Crippen molar-refractivity contribution >= 4 is 30.0 Å². The molecule has 220 valence electrons. The maximum atomic E-state index is 13.3. The van der Waals surface area contributed by atoms with Crippen molar-refractivity contribution in [3.05, 3.63) is 99.4 Å². The van der Waals surface area contributed by atoms with Gasteiger partial charge in [0.25, 0.3) is 5.69 Å². The summed E-state index contributed by atoms with van der Waals surface area (Å²) in [6.07, 6.45) is 7.81. The third kappa shape index (κ3) is 8.41. The van der Waals surface area contributed by atoms with Crippen LogP contribution in [-0.2, 0) is 11.2 Å². The summed E-state index contributed by atoms with van der Waals surface area (Å²) >= 11 is 0. The number of carbonyl (C=O) groups excluding carboxylic acids is 2. The van der Waals surface area contributed by atoms with Crippen molar-refractivity contribution in [3.63, 3.8) is 0 Å². The van der Waals surface area contributed by atoms with E-state index < -0.39 is 16.7 Å². The zero-order chi connectivity index (χ0) is 28.6. The largest absolute Gasteiger partial charge is 0.369 e. The lowest BCUT2D eigenvalue weighted by Crippen LogP contribution is -2.47. The number of likely N-dealkylation sites (tertiary alicyclic amines) is 1. The molecule has 0 bridgehead atoms. The molecule has 0 aliphatic carbocycles. The van der Waals surface area contributed by atoms with Crippen LogP contribution in [0.3, 0.4) is 0 Å². The molecule has 9 nitrogen and oxygen atoms in total. The summed E-state index contributed by atoms with van der Waals surface area (Å²) in [4.78, 5) is 40.0. The third-order valence-electron chi connectivity index (χ3n) is 7.94. The quantitative estimate of drug-likeness (QED) is 0.288. The van der Waals surface area contributed by atoms with Crippen LogP contribution >= 0.6 is 12.4 Å². The van der Waals surface area contributed by atoms with E-state index in [-0.39, 0.29) is 36.6 Å². The number of carbonyl (C=O) groups is 2. The maximum absolute atomic E-state index is 13.3. The van der Waals surface area contributed by atoms with Gasteiger partial charge >= 0.3 is 6.03 Å². The number of nitrogens with zero attached hydrogens (tertiary/aromatic N) is 3. The fourth-order valence-electron chi connectivity index (χ4n) is 5.65. The Morgan fingerprint density at radius 2 is 1.73 bits per heavy atom. The molecule has 41 heavy (non-hydrogen) atoms. The Morgan fingerprint density at radius 3 is 2.32 bits per heavy atom. The van der Waals surface area contributed by atoms with Gasteiger partial charge in [0.2, 0.25) is 5.91 Å². The second kappa shape index (κ2) is 14.8. The molecule has 1 fully saturated rings. The monoisotopic (exact) mass is 581 g/mol. The molecule has 2 atom stereocenters. The molecule has 0 saturated carbocycles. The minimum Gasteiger partial charge on any atom is -0.369 e. The number of allylic oxidation sites excluding steroid dienone is 4. The molecule has 0 radical (unpaired) electrons. The summed E-state index contributed by atoms with van der Waals surface area (Å²) in [5.74, 6) is -0.357. The van der Waals surface area contributed by atoms with E-state index in [2.05, 4.69) is 34.5 Å². The van der Waals surface area contributed by atoms with Crippen LogP contribution < -0.4 is 11.1 Å². The highest BCUT2D eigenvalue weighted by Crippen LogP contribution is 2.32. The molecule has 2 aliphatic rings. The van der Waals surface area contributed by atoms with E-state index in [1.165, 1.54) is 17.7 Å². The van der Waals surface area contributed by atoms with Crippen molar-refractivity contribution in [3.8, 4) is 0 Å². The average molecular weight is 582 g/mol. The fraction of sp³-hybridized carbons (Fsp3) is 0.419. The van der Waals surface area contributed by atoms with Gasteiger partial charge < -0.3 is 16.0 Å². The SMILES string of the molecule is CCC1=CC(c2ccc([N+](=O)[O-])cc2)C=C(C)N1C(=O)NCC(CN1CCC(Cc2ccccc2)CC1)C(N)=O.Cl. The second-order valence-corrected chi connectivity index (χ2v) is 10.7. The van der Waals surface area contributed by atoms with E-state index >= 15 is 0 Å². The average Bonchev–Trinajstić information content (AvgIpc) is 2.96. The highest BCUT2D eigenvalue weighted by atomic mass is 35.5. The van der Waals surface area contributed by atoms with Crippen LogP contribution in [0.5, 0.6) is 0 Å². The molecule has 4 rings (SSSR count). The molecule has 2 aliphatic heterocycles. The normalized spacial score (nSPS) is 18.5. The second-order valence-electron chi connectivity index (χ2n) is 10.7. The number of nitro benzene ring substituents is 1. The van der Waals surface area contributed by atoms with Gasteiger partial charge in [0.1, 0.15) is 0 Å². The van der Waals surface area contributed by atoms with Gasteiger partial charge in [0.15, 0.2) is 0 Å². The van der Waals surface area contributed by atoms with Crippen molar-refractivity contribution in [2.75, 3.05) is 26.2 Å². The highest BCUT2D eigenvalue weighted by molar-refractivity contribution is 5.85. The van der Waals surface area contributed by atoms with E-state index in [9.17, 15) is 19.7 Å². The van der Waals surface area contributed by atoms with Crippen LogP contribution in [0.2, 0.25) is 0 Å². The molecule has 2 unspecified atom stereocenters. The van der Waals surface area contributed by atoms with Gasteiger partial charge in [-0.2, -0.15) is 0 Å². The Balaban J connectivity index is 0.00000462. The zero-order valence-electron chi connectivity index (χ0n) is 23.7. The standard InChI is InChI=1S/C31H39N5O4.ClH/c1-3-28-19-26(25-9-11-29(12-10-25)36(39)40)17-22(2)35(28)31(38)33-20-27(30(32)37)21-34-15-13-24(14-16-34)18-23-7-5-4-6-8-23;/h4-12,17,19,24,26-27H,3,13-16,18,20-21H2,1-2H3,(H2,32,37)(H,33,38);1H. The molecular formula is C31H40ClN5O4. The predicted molar refractivity (Wildman–Crippen MR) is 162 cm³/mol. The molecule has 2 aromatic carbocycles. The number of hydrogen-bond acceptors (Lipinski definition) is 5. The Labute approximate surface area is 248 Å². The number of benzene rings is 2. The van der Waals surface area contributed by atoms with Crippen molar-refractivity contribution < 1.29 is 14.5 Å². The number of halogens is 1. The smallest absolute Gasteiger partial charge is 0.325 e. The number of rotatable bonds is 10. The van der Waals surface area contributed by atoms with Crippen LogP contribution in [0, 0.1) is 22.0 Å². The van der Waals surface area contributed by atoms with Crippen LogP contribution in [0.25, 0.3) is 0 Å². The van der Waals surface area contributed by atoms with Crippen LogP contribution in [0.15, 0.2) is 78.1 Å². The van der Waals surface area contributed by atoms with Crippen molar-refractivity contribution in [1.29, 1.82) is 0 Å². The third-order valence-corrected chi connectivity index (χ3v) is 7.94. The first-order chi connectivity index (χ1) is 19.2. The van der Waals surface area contributed by atoms with Crippen LogP contribution in [-0.4, -0.2) is 52.8 Å². The van der Waals surface area contributed by atoms with Crippen molar-refractivity contribution in [1.82, 2.24) is 15.1 Å². The van der Waals surface area contributed by atoms with Gasteiger partial charge in [-0.05, 0) is 62.7 Å². The van der Waals surface area contributed by atoms with Gasteiger partial charge in [-0.3, -0.25) is 19.8 Å². The first-order valence-corrected chi connectivity index (χ1v) is 14.0. The van der Waals surface area contributed by atoms with E-state index in [4.69, 9.17) is 5.73 Å². The highest BCUT2D eigenvalue weighted by Gasteiger charge is 2.28. The number of primary amides is 1. The molecule has 2 aromatic rings. The molecule has 3 amide bonds. The number of piperidine rings is 1. The van der Waals surface area contributed by atoms with Crippen molar-refractivity contribution in [2.24, 2.45) is 17.6 Å². The molecule has 0 spiro atoms. The topological polar surface area (TPSA) is 122 Å². The van der Waals surface area contributed by atoms with Crippen LogP contribution in [0.4, 0.5) is 10.5 Å². The van der Waals surface area contributed by atoms with Gasteiger partial charge in [-0.25, -0.2) is 4.79 Å². The summed E-state index contributed by atoms with van der Waals surface area (Å²) in [6, 6.07) is 16.7. The first kappa shape index (κ1) is 31.8. The molecule has 3 N–H and O–H groups in total. The molecule has 1 saturated heterocycles. The number of non-ortho nitro benzene ring substituents is 1. The maximum Gasteiger partial charge on any atom is 0.325 e. The summed E-state index contributed by atoms with van der Waals surface area (Å²) in [7, 11) is 0. The molecule has 10 heteroatoms. The number of nitro groups is 1. The number of urea groups is 1. The Kier molecular flexibility index (Phi) is 11.5. The van der Waals surface area contributed by atoms with E-state index in [0.29, 0.717) is 18.9 Å². The molecule has 0 aromatic heterocycles. The Morgan fingerprint density at radius 1 is 1.07 bits per heavy atom. The van der Waals surface area contributed by atoms with Crippen LogP contribution in [0.1, 0.15) is 50.2 Å². The minimum atomic E-state index is -0.481. The first-order valence-electron chi connectivity index (χ1n) is 14.0. The predicted octanol–water partition coefficient (Wildman–Crippen LogP) is 5.38. The molecule has 2 heterocycles. The lowest BCUT2D eigenvalue weighted by Gasteiger charge is -2.34. The van der Waals surface area contributed by atoms with Gasteiger partial charge in [-0.15, -0.1) is 12.4 Å². The van der Waals surface area contributed by atoms with E-state index in [1.807, 2.05) is 32.1 Å². The van der Waals surface area contributed by atoms with E-state index in [0.717, 1.165) is 49.3 Å². The number of amides is 3. The fourth-order valence-corrected chi connectivity index (χ4v) is 5.65. The van der Waals surface area contributed by atoms with Gasteiger partial charge in [0.05, 0.1) is 10.8 Å². The number of hydrogen-bond donors (Lipinski definition) is 2. The number of nitrogens with one attached hydrogen (secondary N) is 1. The lowest BCUT2D eigenvalue weighted by molar-refractivity contribution is -0.384. The lowest BCUT2D eigenvalue weighted by atomic mass is 9.90.